The van der Waals surface area contributed by atoms with E-state index in [1.807, 2.05) is 42.5 Å². The van der Waals surface area contributed by atoms with E-state index in [4.69, 9.17) is 0 Å². The topological polar surface area (TPSA) is 95.2 Å². The fourth-order valence-corrected chi connectivity index (χ4v) is 5.93. The summed E-state index contributed by atoms with van der Waals surface area (Å²) in [5, 5.41) is 2.89. The Morgan fingerprint density at radius 3 is 2.62 bits per heavy atom. The van der Waals surface area contributed by atoms with Gasteiger partial charge in [0.15, 0.2) is 0 Å². The number of piperidine rings is 1. The maximum Gasteiger partial charge on any atom is 0.255 e. The van der Waals surface area contributed by atoms with E-state index >= 15 is 0 Å². The number of imidazole rings is 1. The van der Waals surface area contributed by atoms with Crippen LogP contribution in [0, 0.1) is 5.92 Å². The molecule has 8 heteroatoms. The summed E-state index contributed by atoms with van der Waals surface area (Å²) in [5.74, 6) is 0.764. The quantitative estimate of drug-likeness (QED) is 0.430. The van der Waals surface area contributed by atoms with E-state index in [-0.39, 0.29) is 10.8 Å². The largest absolute Gasteiger partial charge is 0.338 e. The number of H-pyrrole nitrogens is 1. The third kappa shape index (κ3) is 4.47. The number of sulfonamides is 1. The first-order valence-electron chi connectivity index (χ1n) is 11.4. The zero-order chi connectivity index (χ0) is 23.7. The highest BCUT2D eigenvalue weighted by molar-refractivity contribution is 7.89. The van der Waals surface area contributed by atoms with Gasteiger partial charge in [0, 0.05) is 29.9 Å². The van der Waals surface area contributed by atoms with Crippen molar-refractivity contribution in [3.63, 3.8) is 0 Å². The van der Waals surface area contributed by atoms with Gasteiger partial charge in [0.2, 0.25) is 10.0 Å². The molecule has 4 aromatic rings. The Bertz CT molecular complexity index is 1410. The van der Waals surface area contributed by atoms with Crippen molar-refractivity contribution in [1.82, 2.24) is 14.3 Å². The van der Waals surface area contributed by atoms with E-state index in [0.717, 1.165) is 35.3 Å². The number of anilines is 1. The van der Waals surface area contributed by atoms with Crippen molar-refractivity contribution in [1.29, 1.82) is 0 Å². The highest BCUT2D eigenvalue weighted by Crippen LogP contribution is 2.25. The monoisotopic (exact) mass is 474 g/mol. The summed E-state index contributed by atoms with van der Waals surface area (Å²) in [5.41, 5.74) is 3.69. The lowest BCUT2D eigenvalue weighted by Gasteiger charge is -2.30. The van der Waals surface area contributed by atoms with E-state index in [2.05, 4.69) is 22.2 Å². The van der Waals surface area contributed by atoms with Crippen molar-refractivity contribution < 1.29 is 13.2 Å². The summed E-state index contributed by atoms with van der Waals surface area (Å²) in [7, 11) is -3.55. The Morgan fingerprint density at radius 2 is 1.85 bits per heavy atom. The molecule has 1 saturated heterocycles. The molecular weight excluding hydrogens is 448 g/mol. The molecule has 1 atom stereocenters. The van der Waals surface area contributed by atoms with Crippen molar-refractivity contribution in [3.05, 3.63) is 78.4 Å². The van der Waals surface area contributed by atoms with Crippen molar-refractivity contribution in [3.8, 4) is 11.4 Å². The standard InChI is InChI=1S/C26H26N4O3S/c1-18-6-5-15-30(17-18)34(32,33)22-13-11-19(12-14-22)26(31)27-21-8-4-7-20(16-21)25-28-23-9-2-3-10-24(23)29-25/h2-4,7-14,16,18H,5-6,15,17H2,1H3,(H,27,31)(H,28,29)/t18-/m1/s1. The molecule has 174 valence electrons. The van der Waals surface area contributed by atoms with Crippen molar-refractivity contribution >= 4 is 32.7 Å². The number of amides is 1. The Hall–Kier alpha value is -3.49. The fourth-order valence-electron chi connectivity index (χ4n) is 4.33. The van der Waals surface area contributed by atoms with Gasteiger partial charge < -0.3 is 10.3 Å². The zero-order valence-corrected chi connectivity index (χ0v) is 19.7. The lowest BCUT2D eigenvalue weighted by molar-refractivity contribution is 0.102. The van der Waals surface area contributed by atoms with Crippen LogP contribution in [-0.2, 0) is 10.0 Å². The molecule has 0 saturated carbocycles. The van der Waals surface area contributed by atoms with Gasteiger partial charge in [-0.05, 0) is 67.3 Å². The van der Waals surface area contributed by atoms with E-state index in [0.29, 0.717) is 30.3 Å². The third-order valence-corrected chi connectivity index (χ3v) is 8.04. The number of aromatic nitrogens is 2. The number of fused-ring (bicyclic) bond motifs is 1. The highest BCUT2D eigenvalue weighted by atomic mass is 32.2. The third-order valence-electron chi connectivity index (χ3n) is 6.16. The summed E-state index contributed by atoms with van der Waals surface area (Å²) in [6, 6.07) is 21.4. The number of benzene rings is 3. The van der Waals surface area contributed by atoms with Crippen LogP contribution in [0.5, 0.6) is 0 Å². The second-order valence-electron chi connectivity index (χ2n) is 8.77. The normalized spacial score (nSPS) is 17.0. The number of hydrogen-bond donors (Lipinski definition) is 2. The molecule has 1 aliphatic heterocycles. The highest BCUT2D eigenvalue weighted by Gasteiger charge is 2.28. The molecule has 2 N–H and O–H groups in total. The summed E-state index contributed by atoms with van der Waals surface area (Å²) in [6.07, 6.45) is 1.91. The molecule has 0 bridgehead atoms. The molecule has 3 aromatic carbocycles. The van der Waals surface area contributed by atoms with Gasteiger partial charge >= 0.3 is 0 Å². The van der Waals surface area contributed by atoms with Gasteiger partial charge in [-0.15, -0.1) is 0 Å². The number of carbonyl (C=O) groups excluding carboxylic acids is 1. The van der Waals surface area contributed by atoms with E-state index in [1.165, 1.54) is 12.1 Å². The second kappa shape index (κ2) is 9.04. The number of nitrogens with zero attached hydrogens (tertiary/aromatic N) is 2. The first-order valence-corrected chi connectivity index (χ1v) is 12.8. The Labute approximate surface area is 198 Å². The molecule has 0 aliphatic carbocycles. The first kappa shape index (κ1) is 22.3. The minimum atomic E-state index is -3.55. The van der Waals surface area contributed by atoms with Crippen LogP contribution in [0.15, 0.2) is 77.7 Å². The molecule has 1 aromatic heterocycles. The molecule has 34 heavy (non-hydrogen) atoms. The lowest BCUT2D eigenvalue weighted by Crippen LogP contribution is -2.39. The van der Waals surface area contributed by atoms with Gasteiger partial charge in [-0.3, -0.25) is 4.79 Å². The summed E-state index contributed by atoms with van der Waals surface area (Å²) < 4.78 is 27.5. The van der Waals surface area contributed by atoms with E-state index in [9.17, 15) is 13.2 Å². The summed E-state index contributed by atoms with van der Waals surface area (Å²) >= 11 is 0. The van der Waals surface area contributed by atoms with Crippen LogP contribution in [0.2, 0.25) is 0 Å². The fraction of sp³-hybridized carbons (Fsp3) is 0.231. The molecule has 0 radical (unpaired) electrons. The van der Waals surface area contributed by atoms with Crippen LogP contribution in [0.1, 0.15) is 30.1 Å². The van der Waals surface area contributed by atoms with Crippen molar-refractivity contribution in [2.75, 3.05) is 18.4 Å². The number of aromatic amines is 1. The van der Waals surface area contributed by atoms with Crippen LogP contribution in [0.25, 0.3) is 22.4 Å². The Balaban J connectivity index is 1.31. The van der Waals surface area contributed by atoms with Gasteiger partial charge in [0.1, 0.15) is 5.82 Å². The Morgan fingerprint density at radius 1 is 1.06 bits per heavy atom. The molecule has 1 fully saturated rings. The van der Waals surface area contributed by atoms with Gasteiger partial charge in [0.25, 0.3) is 5.91 Å². The predicted molar refractivity (Wildman–Crippen MR) is 133 cm³/mol. The van der Waals surface area contributed by atoms with Crippen LogP contribution >= 0.6 is 0 Å². The Kier molecular flexibility index (Phi) is 5.93. The van der Waals surface area contributed by atoms with Crippen molar-refractivity contribution in [2.24, 2.45) is 5.92 Å². The smallest absolute Gasteiger partial charge is 0.255 e. The van der Waals surface area contributed by atoms with Crippen LogP contribution in [0.3, 0.4) is 0 Å². The molecule has 0 spiro atoms. The molecule has 1 aliphatic rings. The average Bonchev–Trinajstić information content (AvgIpc) is 3.29. The number of carbonyl (C=O) groups is 1. The minimum Gasteiger partial charge on any atom is -0.338 e. The number of rotatable bonds is 5. The molecular formula is C26H26N4O3S. The second-order valence-corrected chi connectivity index (χ2v) is 10.7. The maximum absolute atomic E-state index is 13.0. The van der Waals surface area contributed by atoms with Crippen LogP contribution in [0.4, 0.5) is 5.69 Å². The molecule has 7 nitrogen and oxygen atoms in total. The van der Waals surface area contributed by atoms with Gasteiger partial charge in [-0.25, -0.2) is 13.4 Å². The van der Waals surface area contributed by atoms with Crippen LogP contribution < -0.4 is 5.32 Å². The first-order chi connectivity index (χ1) is 16.4. The van der Waals surface area contributed by atoms with Crippen LogP contribution in [-0.4, -0.2) is 41.7 Å². The average molecular weight is 475 g/mol. The minimum absolute atomic E-state index is 0.213. The molecule has 5 rings (SSSR count). The SMILES string of the molecule is C[C@@H]1CCCN(S(=O)(=O)c2ccc(C(=O)Nc3cccc(-c4nc5ccccc5[nH]4)c3)cc2)C1. The molecule has 2 heterocycles. The summed E-state index contributed by atoms with van der Waals surface area (Å²) in [4.78, 5) is 20.9. The molecule has 0 unspecified atom stereocenters. The van der Waals surface area contributed by atoms with E-state index < -0.39 is 10.0 Å². The van der Waals surface area contributed by atoms with E-state index in [1.54, 1.807) is 22.5 Å². The number of nitrogens with one attached hydrogen (secondary N) is 2. The van der Waals surface area contributed by atoms with Gasteiger partial charge in [-0.1, -0.05) is 31.2 Å². The number of hydrogen-bond acceptors (Lipinski definition) is 4. The summed E-state index contributed by atoms with van der Waals surface area (Å²) in [6.45, 7) is 3.14. The van der Waals surface area contributed by atoms with Gasteiger partial charge in [0.05, 0.1) is 15.9 Å². The number of para-hydroxylation sites is 2. The molecule has 1 amide bonds. The van der Waals surface area contributed by atoms with Crippen molar-refractivity contribution in [2.45, 2.75) is 24.7 Å². The van der Waals surface area contributed by atoms with Gasteiger partial charge in [-0.2, -0.15) is 4.31 Å². The maximum atomic E-state index is 13.0. The lowest BCUT2D eigenvalue weighted by atomic mass is 10.0. The zero-order valence-electron chi connectivity index (χ0n) is 18.9. The predicted octanol–water partition coefficient (Wildman–Crippen LogP) is 4.90.